The van der Waals surface area contributed by atoms with E-state index in [0.29, 0.717) is 17.9 Å². The summed E-state index contributed by atoms with van der Waals surface area (Å²) in [6.45, 7) is 0.671. The minimum absolute atomic E-state index is 0. The Morgan fingerprint density at radius 1 is 1.20 bits per heavy atom. The maximum atomic E-state index is 8.62. The third kappa shape index (κ3) is 4.52. The van der Waals surface area contributed by atoms with Gasteiger partial charge in [-0.2, -0.15) is 0 Å². The molecule has 0 aromatic heterocycles. The maximum absolute atomic E-state index is 8.62. The van der Waals surface area contributed by atoms with Gasteiger partial charge in [-0.05, 0) is 17.7 Å². The molecule has 1 aromatic carbocycles. The first-order valence-electron chi connectivity index (χ1n) is 4.22. The van der Waals surface area contributed by atoms with Gasteiger partial charge in [0.05, 0.1) is 0 Å². The van der Waals surface area contributed by atoms with Gasteiger partial charge in [0.1, 0.15) is 5.75 Å². The number of rotatable bonds is 4. The number of hydrogen-bond acceptors (Lipinski definition) is 5. The van der Waals surface area contributed by atoms with Crippen molar-refractivity contribution < 1.29 is 14.7 Å². The summed E-state index contributed by atoms with van der Waals surface area (Å²) in [7, 11) is -1.83. The van der Waals surface area contributed by atoms with Crippen LogP contribution in [0.5, 0.6) is 5.75 Å². The van der Waals surface area contributed by atoms with Crippen LogP contribution < -0.4 is 16.1 Å². The van der Waals surface area contributed by atoms with Crippen LogP contribution >= 0.6 is 0 Å². The molecular weight excluding hydrogens is 206 g/mol. The average Bonchev–Trinajstić information content (AvgIpc) is 2.17. The fourth-order valence-corrected chi connectivity index (χ4v) is 1.15. The summed E-state index contributed by atoms with van der Waals surface area (Å²) in [5.41, 5.74) is 12.5. The van der Waals surface area contributed by atoms with Gasteiger partial charge in [0.2, 0.25) is 0 Å². The van der Waals surface area contributed by atoms with E-state index in [4.69, 9.17) is 26.2 Å². The molecule has 0 saturated heterocycles. The number of benzene rings is 1. The standard InChI is InChI=1S/C8H13BN2O3.Na.H/c10-4-6-1-2-8(14-9(12)13)7(3-6)5-11;;/h1-3,12-13H,4-5,10-11H2;;. The summed E-state index contributed by atoms with van der Waals surface area (Å²) in [5, 5.41) is 17.2. The van der Waals surface area contributed by atoms with Gasteiger partial charge in [0, 0.05) is 18.7 Å². The minimum atomic E-state index is -1.83. The van der Waals surface area contributed by atoms with Crippen LogP contribution in [0, 0.1) is 0 Å². The molecule has 0 bridgehead atoms. The van der Waals surface area contributed by atoms with Crippen LogP contribution in [0.1, 0.15) is 11.1 Å². The Hall–Kier alpha value is -0.0751. The molecule has 0 aliphatic heterocycles. The van der Waals surface area contributed by atoms with Crippen molar-refractivity contribution in [3.05, 3.63) is 29.3 Å². The molecule has 0 fully saturated rings. The molecule has 1 aromatic rings. The van der Waals surface area contributed by atoms with Crippen molar-refractivity contribution in [1.82, 2.24) is 0 Å². The molecule has 0 saturated carbocycles. The molecular formula is C8H14BN2NaO3. The zero-order chi connectivity index (χ0) is 10.6. The van der Waals surface area contributed by atoms with Crippen molar-refractivity contribution in [2.24, 2.45) is 11.5 Å². The third-order valence-corrected chi connectivity index (χ3v) is 1.81. The first-order chi connectivity index (χ1) is 6.67. The van der Waals surface area contributed by atoms with Gasteiger partial charge in [0.25, 0.3) is 0 Å². The van der Waals surface area contributed by atoms with E-state index in [-0.39, 0.29) is 36.1 Å². The Morgan fingerprint density at radius 2 is 1.87 bits per heavy atom. The Balaban J connectivity index is 0.00000196. The predicted molar refractivity (Wildman–Crippen MR) is 60.2 cm³/mol. The van der Waals surface area contributed by atoms with E-state index in [1.54, 1.807) is 18.2 Å². The summed E-state index contributed by atoms with van der Waals surface area (Å²) >= 11 is 0. The van der Waals surface area contributed by atoms with Crippen molar-refractivity contribution in [2.45, 2.75) is 13.1 Å². The van der Waals surface area contributed by atoms with Gasteiger partial charge in [-0.25, -0.2) is 0 Å². The van der Waals surface area contributed by atoms with E-state index in [9.17, 15) is 0 Å². The molecule has 0 spiro atoms. The SMILES string of the molecule is NCc1ccc(OB(O)O)c(CN)c1.[NaH]. The second kappa shape index (κ2) is 7.24. The van der Waals surface area contributed by atoms with Gasteiger partial charge in [0.15, 0.2) is 0 Å². The molecule has 78 valence electrons. The first-order valence-corrected chi connectivity index (χ1v) is 4.22. The molecule has 1 rings (SSSR count). The Kier molecular flexibility index (Phi) is 7.20. The van der Waals surface area contributed by atoms with Crippen LogP contribution in [-0.4, -0.2) is 46.9 Å². The van der Waals surface area contributed by atoms with E-state index in [1.165, 1.54) is 0 Å². The number of hydrogen-bond donors (Lipinski definition) is 4. The van der Waals surface area contributed by atoms with E-state index in [1.807, 2.05) is 0 Å². The van der Waals surface area contributed by atoms with Gasteiger partial charge < -0.3 is 26.2 Å². The van der Waals surface area contributed by atoms with Gasteiger partial charge >= 0.3 is 36.9 Å². The van der Waals surface area contributed by atoms with E-state index in [0.717, 1.165) is 5.56 Å². The summed E-state index contributed by atoms with van der Waals surface area (Å²) in [4.78, 5) is 0. The Labute approximate surface area is 111 Å². The van der Waals surface area contributed by atoms with Crippen molar-refractivity contribution in [3.8, 4) is 5.75 Å². The van der Waals surface area contributed by atoms with Crippen LogP contribution in [0.3, 0.4) is 0 Å². The van der Waals surface area contributed by atoms with Gasteiger partial charge in [-0.15, -0.1) is 0 Å². The van der Waals surface area contributed by atoms with Crippen molar-refractivity contribution in [2.75, 3.05) is 0 Å². The van der Waals surface area contributed by atoms with Gasteiger partial charge in [-0.3, -0.25) is 0 Å². The van der Waals surface area contributed by atoms with Crippen LogP contribution in [0.15, 0.2) is 18.2 Å². The van der Waals surface area contributed by atoms with E-state index in [2.05, 4.69) is 0 Å². The zero-order valence-corrected chi connectivity index (χ0v) is 7.68. The van der Waals surface area contributed by atoms with Crippen LogP contribution in [-0.2, 0) is 13.1 Å². The average molecular weight is 220 g/mol. The Bertz CT molecular complexity index is 312. The number of nitrogens with two attached hydrogens (primary N) is 2. The van der Waals surface area contributed by atoms with Crippen molar-refractivity contribution >= 4 is 36.9 Å². The molecule has 5 nitrogen and oxygen atoms in total. The normalized spacial score (nSPS) is 9.33. The van der Waals surface area contributed by atoms with E-state index < -0.39 is 7.32 Å². The summed E-state index contributed by atoms with van der Waals surface area (Å²) in [6.07, 6.45) is 0. The van der Waals surface area contributed by atoms with Crippen LogP contribution in [0.25, 0.3) is 0 Å². The third-order valence-electron chi connectivity index (χ3n) is 1.81. The molecule has 0 amide bonds. The molecule has 0 radical (unpaired) electrons. The Morgan fingerprint density at radius 3 is 2.33 bits per heavy atom. The van der Waals surface area contributed by atoms with Crippen LogP contribution in [0.2, 0.25) is 0 Å². The fourth-order valence-electron chi connectivity index (χ4n) is 1.15. The molecule has 15 heavy (non-hydrogen) atoms. The molecule has 0 heterocycles. The summed E-state index contributed by atoms with van der Waals surface area (Å²) in [5.74, 6) is 0.361. The monoisotopic (exact) mass is 220 g/mol. The molecule has 0 aliphatic carbocycles. The molecule has 0 unspecified atom stereocenters. The molecule has 6 N–H and O–H groups in total. The summed E-state index contributed by atoms with van der Waals surface area (Å²) in [6, 6.07) is 5.14. The zero-order valence-electron chi connectivity index (χ0n) is 7.68. The van der Waals surface area contributed by atoms with Crippen molar-refractivity contribution in [3.63, 3.8) is 0 Å². The van der Waals surface area contributed by atoms with Gasteiger partial charge in [-0.1, -0.05) is 6.07 Å². The molecule has 7 heteroatoms. The molecule has 0 atom stereocenters. The first kappa shape index (κ1) is 14.9. The van der Waals surface area contributed by atoms with Crippen molar-refractivity contribution in [1.29, 1.82) is 0 Å². The quantitative estimate of drug-likeness (QED) is 0.453. The second-order valence-corrected chi connectivity index (χ2v) is 2.79. The topological polar surface area (TPSA) is 102 Å². The van der Waals surface area contributed by atoms with E-state index >= 15 is 0 Å². The predicted octanol–water partition coefficient (Wildman–Crippen LogP) is -1.70. The molecule has 0 aliphatic rings. The summed E-state index contributed by atoms with van der Waals surface area (Å²) < 4.78 is 4.73. The second-order valence-electron chi connectivity index (χ2n) is 2.79. The fraction of sp³-hybridized carbons (Fsp3) is 0.250. The van der Waals surface area contributed by atoms with Crippen LogP contribution in [0.4, 0.5) is 0 Å².